The Morgan fingerprint density at radius 2 is 2.18 bits per heavy atom. The molecule has 2 aliphatic rings. The lowest BCUT2D eigenvalue weighted by Crippen LogP contribution is -2.38. The van der Waals surface area contributed by atoms with Gasteiger partial charge in [-0.05, 0) is 43.5 Å². The summed E-state index contributed by atoms with van der Waals surface area (Å²) in [4.78, 5) is 12.5. The summed E-state index contributed by atoms with van der Waals surface area (Å²) < 4.78 is 19.0. The molecule has 1 fully saturated rings. The monoisotopic (exact) mass is 328 g/mol. The fraction of sp³-hybridized carbons (Fsp3) is 0.562. The topological polar surface area (TPSA) is 64.4 Å². The van der Waals surface area contributed by atoms with Crippen LogP contribution in [0.25, 0.3) is 0 Å². The Morgan fingerprint density at radius 3 is 2.95 bits per heavy atom. The first-order chi connectivity index (χ1) is 10.2. The van der Waals surface area contributed by atoms with E-state index in [9.17, 15) is 9.18 Å². The molecule has 3 N–H and O–H groups in total. The third-order valence-electron chi connectivity index (χ3n) is 4.63. The van der Waals surface area contributed by atoms with Gasteiger partial charge >= 0.3 is 0 Å². The highest BCUT2D eigenvalue weighted by Crippen LogP contribution is 2.35. The van der Waals surface area contributed by atoms with Crippen LogP contribution in [-0.2, 0) is 4.79 Å². The molecule has 1 unspecified atom stereocenters. The van der Waals surface area contributed by atoms with E-state index in [0.717, 1.165) is 24.8 Å². The zero-order chi connectivity index (χ0) is 14.8. The van der Waals surface area contributed by atoms with Crippen molar-refractivity contribution in [3.63, 3.8) is 0 Å². The molecule has 0 spiro atoms. The Balaban J connectivity index is 0.00000176. The lowest BCUT2D eigenvalue weighted by atomic mass is 9.93. The second-order valence-corrected chi connectivity index (χ2v) is 5.91. The molecule has 6 heteroatoms. The van der Waals surface area contributed by atoms with Crippen molar-refractivity contribution in [2.45, 2.75) is 31.7 Å². The highest BCUT2D eigenvalue weighted by Gasteiger charge is 2.34. The molecule has 1 aromatic rings. The SMILES string of the molecule is Cl.NC[C@H]1CCC[C@H]1C(=O)NC1CCOc2ccc(F)cc21. The summed E-state index contributed by atoms with van der Waals surface area (Å²) in [5, 5.41) is 3.07. The number of rotatable bonds is 3. The van der Waals surface area contributed by atoms with Gasteiger partial charge in [0, 0.05) is 17.9 Å². The molecule has 3 atom stereocenters. The van der Waals surface area contributed by atoms with Crippen molar-refractivity contribution in [2.24, 2.45) is 17.6 Å². The molecule has 1 amide bonds. The third-order valence-corrected chi connectivity index (χ3v) is 4.63. The van der Waals surface area contributed by atoms with Crippen LogP contribution >= 0.6 is 12.4 Å². The van der Waals surface area contributed by atoms with Crippen LogP contribution in [0.1, 0.15) is 37.3 Å². The van der Waals surface area contributed by atoms with Gasteiger partial charge in [0.2, 0.25) is 5.91 Å². The second kappa shape index (κ2) is 7.29. The summed E-state index contributed by atoms with van der Waals surface area (Å²) in [6.45, 7) is 1.09. The molecule has 0 aromatic heterocycles. The average molecular weight is 329 g/mol. The summed E-state index contributed by atoms with van der Waals surface area (Å²) in [6, 6.07) is 4.29. The standard InChI is InChI=1S/C16H21FN2O2.ClH/c17-11-4-5-15-13(8-11)14(6-7-21-15)19-16(20)12-3-1-2-10(12)9-18;/h4-5,8,10,12,14H,1-3,6-7,9,18H2,(H,19,20);1H/t10-,12-,14?;/m1./s1. The Kier molecular flexibility index (Phi) is 5.64. The predicted molar refractivity (Wildman–Crippen MR) is 84.5 cm³/mol. The summed E-state index contributed by atoms with van der Waals surface area (Å²) in [5.74, 6) is 0.672. The van der Waals surface area contributed by atoms with Crippen LogP contribution < -0.4 is 15.8 Å². The first kappa shape index (κ1) is 17.0. The van der Waals surface area contributed by atoms with Crippen LogP contribution in [0.3, 0.4) is 0 Å². The fourth-order valence-electron chi connectivity index (χ4n) is 3.46. The van der Waals surface area contributed by atoms with Crippen LogP contribution in [0.5, 0.6) is 5.75 Å². The molecule has 1 aliphatic heterocycles. The molecule has 0 radical (unpaired) electrons. The zero-order valence-electron chi connectivity index (χ0n) is 12.4. The molecular formula is C16H22ClFN2O2. The number of nitrogens with two attached hydrogens (primary N) is 1. The number of halogens is 2. The van der Waals surface area contributed by atoms with Crippen molar-refractivity contribution < 1.29 is 13.9 Å². The van der Waals surface area contributed by atoms with Gasteiger partial charge in [-0.25, -0.2) is 4.39 Å². The van der Waals surface area contributed by atoms with Gasteiger partial charge in [0.05, 0.1) is 12.6 Å². The van der Waals surface area contributed by atoms with Crippen molar-refractivity contribution in [3.8, 4) is 5.75 Å². The lowest BCUT2D eigenvalue weighted by Gasteiger charge is -2.28. The number of nitrogens with one attached hydrogen (secondary N) is 1. The van der Waals surface area contributed by atoms with E-state index in [1.54, 1.807) is 6.07 Å². The van der Waals surface area contributed by atoms with Crippen molar-refractivity contribution in [1.29, 1.82) is 0 Å². The normalized spacial score (nSPS) is 26.5. The maximum Gasteiger partial charge on any atom is 0.223 e. The van der Waals surface area contributed by atoms with Crippen LogP contribution in [0, 0.1) is 17.7 Å². The maximum absolute atomic E-state index is 13.4. The van der Waals surface area contributed by atoms with Gasteiger partial charge in [0.25, 0.3) is 0 Å². The van der Waals surface area contributed by atoms with Crippen molar-refractivity contribution in [1.82, 2.24) is 5.32 Å². The lowest BCUT2D eigenvalue weighted by molar-refractivity contribution is -0.126. The van der Waals surface area contributed by atoms with Crippen LogP contribution in [-0.4, -0.2) is 19.1 Å². The van der Waals surface area contributed by atoms with Gasteiger partial charge in [0.15, 0.2) is 0 Å². The van der Waals surface area contributed by atoms with E-state index in [2.05, 4.69) is 5.32 Å². The predicted octanol–water partition coefficient (Wildman–Crippen LogP) is 2.56. The maximum atomic E-state index is 13.4. The van der Waals surface area contributed by atoms with Crippen LogP contribution in [0.4, 0.5) is 4.39 Å². The Hall–Kier alpha value is -1.33. The molecule has 22 heavy (non-hydrogen) atoms. The third kappa shape index (κ3) is 3.36. The Labute approximate surface area is 136 Å². The number of benzene rings is 1. The van der Waals surface area contributed by atoms with E-state index in [-0.39, 0.29) is 42.0 Å². The smallest absolute Gasteiger partial charge is 0.223 e. The van der Waals surface area contributed by atoms with Gasteiger partial charge in [-0.1, -0.05) is 6.42 Å². The first-order valence-electron chi connectivity index (χ1n) is 7.61. The van der Waals surface area contributed by atoms with Crippen LogP contribution in [0.2, 0.25) is 0 Å². The van der Waals surface area contributed by atoms with Gasteiger partial charge in [-0.15, -0.1) is 12.4 Å². The second-order valence-electron chi connectivity index (χ2n) is 5.91. The Bertz CT molecular complexity index is 541. The molecular weight excluding hydrogens is 307 g/mol. The zero-order valence-corrected chi connectivity index (χ0v) is 13.2. The number of fused-ring (bicyclic) bond motifs is 1. The van der Waals surface area contributed by atoms with E-state index in [1.807, 2.05) is 0 Å². The number of amides is 1. The summed E-state index contributed by atoms with van der Waals surface area (Å²) in [5.41, 5.74) is 6.48. The summed E-state index contributed by atoms with van der Waals surface area (Å²) in [7, 11) is 0. The highest BCUT2D eigenvalue weighted by molar-refractivity contribution is 5.85. The minimum Gasteiger partial charge on any atom is -0.493 e. The van der Waals surface area contributed by atoms with Gasteiger partial charge in [-0.3, -0.25) is 4.79 Å². The molecule has 0 saturated heterocycles. The molecule has 3 rings (SSSR count). The molecule has 122 valence electrons. The molecule has 1 heterocycles. The minimum absolute atomic E-state index is 0. The van der Waals surface area contributed by atoms with Crippen molar-refractivity contribution in [3.05, 3.63) is 29.6 Å². The van der Waals surface area contributed by atoms with Crippen molar-refractivity contribution in [2.75, 3.05) is 13.2 Å². The number of hydrogen-bond acceptors (Lipinski definition) is 3. The number of carbonyl (C=O) groups excluding carboxylic acids is 1. The van der Waals surface area contributed by atoms with E-state index in [1.165, 1.54) is 12.1 Å². The number of carbonyl (C=O) groups is 1. The molecule has 1 saturated carbocycles. The molecule has 1 aromatic carbocycles. The Morgan fingerprint density at radius 1 is 1.36 bits per heavy atom. The average Bonchev–Trinajstić information content (AvgIpc) is 2.96. The molecule has 0 bridgehead atoms. The van der Waals surface area contributed by atoms with Crippen LogP contribution in [0.15, 0.2) is 18.2 Å². The number of ether oxygens (including phenoxy) is 1. The van der Waals surface area contributed by atoms with Crippen molar-refractivity contribution >= 4 is 18.3 Å². The molecule has 1 aliphatic carbocycles. The van der Waals surface area contributed by atoms with E-state index >= 15 is 0 Å². The summed E-state index contributed by atoms with van der Waals surface area (Å²) >= 11 is 0. The van der Waals surface area contributed by atoms with Gasteiger partial charge in [0.1, 0.15) is 11.6 Å². The summed E-state index contributed by atoms with van der Waals surface area (Å²) in [6.07, 6.45) is 3.64. The first-order valence-corrected chi connectivity index (χ1v) is 7.61. The van der Waals surface area contributed by atoms with Gasteiger partial charge in [-0.2, -0.15) is 0 Å². The van der Waals surface area contributed by atoms with E-state index in [4.69, 9.17) is 10.5 Å². The fourth-order valence-corrected chi connectivity index (χ4v) is 3.46. The quantitative estimate of drug-likeness (QED) is 0.896. The van der Waals surface area contributed by atoms with Gasteiger partial charge < -0.3 is 15.8 Å². The molecule has 4 nitrogen and oxygen atoms in total. The highest BCUT2D eigenvalue weighted by atomic mass is 35.5. The van der Waals surface area contributed by atoms with E-state index in [0.29, 0.717) is 25.3 Å². The largest absolute Gasteiger partial charge is 0.493 e. The van der Waals surface area contributed by atoms with E-state index < -0.39 is 0 Å². The number of hydrogen-bond donors (Lipinski definition) is 2. The minimum atomic E-state index is -0.306.